The van der Waals surface area contributed by atoms with E-state index in [1.807, 2.05) is 0 Å². The summed E-state index contributed by atoms with van der Waals surface area (Å²) in [6, 6.07) is 0. The predicted octanol–water partition coefficient (Wildman–Crippen LogP) is -0.250. The molecule has 0 saturated carbocycles. The zero-order chi connectivity index (χ0) is 10.6. The average Bonchev–Trinajstić information content (AvgIpc) is 1.02. The SMILES string of the molecule is O[Si](O)(O)[O][Ti]([F])([F])([F])([F])([F])[F].[KH]. The van der Waals surface area contributed by atoms with Crippen molar-refractivity contribution in [2.75, 3.05) is 0 Å². The zero-order valence-electron chi connectivity index (χ0n) is 5.02. The van der Waals surface area contributed by atoms with E-state index in [0.717, 1.165) is 0 Å². The van der Waals surface area contributed by atoms with Gasteiger partial charge in [0.1, 0.15) is 0 Å². The van der Waals surface area contributed by atoms with E-state index in [1.54, 1.807) is 0 Å². The molecule has 0 radical (unpaired) electrons. The third kappa shape index (κ3) is 16.6. The molecule has 0 aromatic heterocycles. The molecule has 0 aromatic carbocycles. The summed E-state index contributed by atoms with van der Waals surface area (Å²) in [6.45, 7) is 0. The molecule has 0 heterocycles. The topological polar surface area (TPSA) is 69.9 Å². The van der Waals surface area contributed by atoms with Gasteiger partial charge in [-0.3, -0.25) is 0 Å². The van der Waals surface area contributed by atoms with Gasteiger partial charge in [-0.2, -0.15) is 0 Å². The van der Waals surface area contributed by atoms with Crippen LogP contribution in [0.15, 0.2) is 0 Å². The third-order valence-corrected chi connectivity index (χ3v) is 4.56. The molecule has 0 aliphatic heterocycles. The Labute approximate surface area is 111 Å². The van der Waals surface area contributed by atoms with Crippen molar-refractivity contribution in [2.24, 2.45) is 0 Å². The number of hydrogen-bond donors (Lipinski definition) is 3. The maximum absolute atomic E-state index is 13.2. The second kappa shape index (κ2) is 2.62. The van der Waals surface area contributed by atoms with Crippen LogP contribution in [-0.2, 0) is 19.4 Å². The van der Waals surface area contributed by atoms with Gasteiger partial charge in [-0.25, -0.2) is 0 Å². The Hall–Kier alpha value is 1.99. The van der Waals surface area contributed by atoms with Crippen molar-refractivity contribution in [1.82, 2.24) is 0 Å². The van der Waals surface area contributed by atoms with Gasteiger partial charge in [-0.15, -0.1) is 0 Å². The van der Waals surface area contributed by atoms with E-state index in [0.29, 0.717) is 0 Å². The fourth-order valence-electron chi connectivity index (χ4n) is 0.311. The zero-order valence-corrected chi connectivity index (χ0v) is 7.58. The van der Waals surface area contributed by atoms with Gasteiger partial charge in [0.2, 0.25) is 0 Å². The second-order valence-corrected chi connectivity index (χ2v) is 9.31. The van der Waals surface area contributed by atoms with Crippen molar-refractivity contribution in [2.45, 2.75) is 0 Å². The van der Waals surface area contributed by atoms with Crippen LogP contribution in [0, 0.1) is 0 Å². The van der Waals surface area contributed by atoms with Crippen molar-refractivity contribution in [3.8, 4) is 0 Å². The van der Waals surface area contributed by atoms with Crippen LogP contribution in [0.5, 0.6) is 0 Å². The fraction of sp³-hybridized carbons (Fsp3) is 0. The molecule has 0 fully saturated rings. The van der Waals surface area contributed by atoms with Crippen molar-refractivity contribution in [3.63, 3.8) is 0 Å². The van der Waals surface area contributed by atoms with E-state index in [1.165, 1.54) is 3.01 Å². The molecule has 0 aromatic rings. The van der Waals surface area contributed by atoms with Gasteiger partial charge in [0.05, 0.1) is 0 Å². The van der Waals surface area contributed by atoms with Crippen LogP contribution in [0.2, 0.25) is 0 Å². The molecule has 13 heavy (non-hydrogen) atoms. The Morgan fingerprint density at radius 3 is 1.08 bits per heavy atom. The van der Waals surface area contributed by atoms with Gasteiger partial charge >= 0.3 is 113 Å². The van der Waals surface area contributed by atoms with Crippen LogP contribution in [0.1, 0.15) is 0 Å². The van der Waals surface area contributed by atoms with Gasteiger partial charge < -0.3 is 0 Å². The first-order chi connectivity index (χ1) is 4.39. The molecular formula is H4F6KO4SiTi. The molecule has 79 valence electrons. The van der Waals surface area contributed by atoms with Crippen molar-refractivity contribution in [3.05, 3.63) is 0 Å². The predicted molar refractivity (Wildman–Crippen MR) is 27.3 cm³/mol. The standard InChI is InChI=1S/6FH.K.H3O4Si.Ti.H/c;;;;;;;1-5(2,3)4;;/h6*1H;;1-3H;;/q;;;;;;;-1;+7;/p-6. The molecule has 0 spiro atoms. The quantitative estimate of drug-likeness (QED) is 0.485. The minimum atomic E-state index is -13.2. The Morgan fingerprint density at radius 1 is 0.846 bits per heavy atom. The molecule has 0 atom stereocenters. The van der Waals surface area contributed by atoms with Crippen molar-refractivity contribution >= 4 is 60.4 Å². The molecule has 0 amide bonds. The van der Waals surface area contributed by atoms with Gasteiger partial charge in [-0.1, -0.05) is 0 Å². The van der Waals surface area contributed by atoms with E-state index in [-0.39, 0.29) is 51.4 Å². The summed E-state index contributed by atoms with van der Waals surface area (Å²) in [5, 5.41) is 0. The van der Waals surface area contributed by atoms with Crippen molar-refractivity contribution < 1.29 is 52.3 Å². The van der Waals surface area contributed by atoms with Crippen LogP contribution in [0.25, 0.3) is 0 Å². The fourth-order valence-corrected chi connectivity index (χ4v) is 3.84. The first-order valence-electron chi connectivity index (χ1n) is 2.21. The molecule has 0 aliphatic rings. The molecule has 3 N–H and O–H groups in total. The molecular weight excluding hydrogens is 293 g/mol. The molecule has 0 bridgehead atoms. The first-order valence-corrected chi connectivity index (χ1v) is 8.14. The summed E-state index contributed by atoms with van der Waals surface area (Å²) in [5.41, 5.74) is 0. The van der Waals surface area contributed by atoms with Gasteiger partial charge in [0.25, 0.3) is 0 Å². The van der Waals surface area contributed by atoms with Crippen LogP contribution in [0.4, 0.5) is 18.6 Å². The van der Waals surface area contributed by atoms with E-state index >= 15 is 0 Å². The van der Waals surface area contributed by atoms with Crippen LogP contribution in [0.3, 0.4) is 0 Å². The Morgan fingerprint density at radius 2 is 1.08 bits per heavy atom. The molecule has 0 aliphatic carbocycles. The number of rotatable bonds is 2. The Balaban J connectivity index is 0. The summed E-state index contributed by atoms with van der Waals surface area (Å²) < 4.78 is 67.9. The third-order valence-electron chi connectivity index (χ3n) is 0.368. The monoisotopic (exact) mass is 297 g/mol. The Bertz CT molecular complexity index is 210. The second-order valence-electron chi connectivity index (χ2n) is 2.21. The summed E-state index contributed by atoms with van der Waals surface area (Å²) >= 11 is -13.2. The summed E-state index contributed by atoms with van der Waals surface area (Å²) in [7, 11) is -6.68. The maximum atomic E-state index is 11.1. The van der Waals surface area contributed by atoms with Gasteiger partial charge in [0, 0.05) is 0 Å². The molecule has 4 nitrogen and oxygen atoms in total. The molecule has 0 rings (SSSR count). The minimum absolute atomic E-state index is 0. The van der Waals surface area contributed by atoms with Gasteiger partial charge in [-0.05, 0) is 0 Å². The van der Waals surface area contributed by atoms with Gasteiger partial charge in [0.15, 0.2) is 0 Å². The van der Waals surface area contributed by atoms with Crippen LogP contribution >= 0.6 is 0 Å². The van der Waals surface area contributed by atoms with E-state index in [4.69, 9.17) is 14.4 Å². The molecule has 13 heteroatoms. The van der Waals surface area contributed by atoms with E-state index in [9.17, 15) is 18.6 Å². The van der Waals surface area contributed by atoms with E-state index in [2.05, 4.69) is 0 Å². The average molecular weight is 297 g/mol. The van der Waals surface area contributed by atoms with E-state index < -0.39 is 25.4 Å². The summed E-state index contributed by atoms with van der Waals surface area (Å²) in [5.74, 6) is 0. The first kappa shape index (κ1) is 17.4. The number of hydrogen-bond acceptors (Lipinski definition) is 4. The summed E-state index contributed by atoms with van der Waals surface area (Å²) in [4.78, 5) is 22.4. The Kier molecular flexibility index (Phi) is 3.51. The van der Waals surface area contributed by atoms with Crippen LogP contribution in [-0.4, -0.2) is 74.8 Å². The summed E-state index contributed by atoms with van der Waals surface area (Å²) in [6.07, 6.45) is 0. The van der Waals surface area contributed by atoms with Crippen molar-refractivity contribution in [1.29, 1.82) is 0 Å². The molecule has 0 saturated heterocycles. The normalized spacial score (nSPS) is 21.8. The number of halogens is 6. The van der Waals surface area contributed by atoms with Crippen LogP contribution < -0.4 is 0 Å². The molecule has 0 unspecified atom stereocenters.